The van der Waals surface area contributed by atoms with Crippen LogP contribution in [0.15, 0.2) is 48.5 Å². The molecule has 1 fully saturated rings. The quantitative estimate of drug-likeness (QED) is 0.724. The highest BCUT2D eigenvalue weighted by Crippen LogP contribution is 2.15. The fourth-order valence-corrected chi connectivity index (χ4v) is 3.16. The van der Waals surface area contributed by atoms with Gasteiger partial charge < -0.3 is 14.4 Å². The molecule has 0 saturated carbocycles. The molecule has 1 heterocycles. The van der Waals surface area contributed by atoms with E-state index < -0.39 is 0 Å². The minimum atomic E-state index is -0.296. The minimum Gasteiger partial charge on any atom is -0.497 e. The van der Waals surface area contributed by atoms with Gasteiger partial charge in [-0.05, 0) is 36.2 Å². The van der Waals surface area contributed by atoms with Crippen LogP contribution in [0.4, 0.5) is 4.39 Å². The summed E-state index contributed by atoms with van der Waals surface area (Å²) in [4.78, 5) is 4.88. The Morgan fingerprint density at radius 1 is 0.885 bits per heavy atom. The van der Waals surface area contributed by atoms with Crippen molar-refractivity contribution < 1.29 is 13.9 Å². The molecule has 1 aliphatic rings. The van der Waals surface area contributed by atoms with Gasteiger partial charge in [-0.2, -0.15) is 0 Å². The van der Waals surface area contributed by atoms with Crippen molar-refractivity contribution in [1.82, 2.24) is 9.80 Å². The second kappa shape index (κ2) is 9.55. The Hall–Kier alpha value is -2.11. The topological polar surface area (TPSA) is 24.9 Å². The predicted molar refractivity (Wildman–Crippen MR) is 101 cm³/mol. The van der Waals surface area contributed by atoms with Crippen molar-refractivity contribution in [3.63, 3.8) is 0 Å². The number of para-hydroxylation sites is 1. The Labute approximate surface area is 155 Å². The lowest BCUT2D eigenvalue weighted by Gasteiger charge is -2.34. The van der Waals surface area contributed by atoms with Gasteiger partial charge in [0.15, 0.2) is 11.6 Å². The van der Waals surface area contributed by atoms with Gasteiger partial charge >= 0.3 is 0 Å². The largest absolute Gasteiger partial charge is 0.497 e. The van der Waals surface area contributed by atoms with Gasteiger partial charge in [0.25, 0.3) is 0 Å². The monoisotopic (exact) mass is 358 g/mol. The highest BCUT2D eigenvalue weighted by molar-refractivity contribution is 5.27. The van der Waals surface area contributed by atoms with Crippen molar-refractivity contribution in [2.24, 2.45) is 0 Å². The molecule has 2 aromatic carbocycles. The number of rotatable bonds is 8. The van der Waals surface area contributed by atoms with Gasteiger partial charge in [0.05, 0.1) is 7.11 Å². The summed E-state index contributed by atoms with van der Waals surface area (Å²) in [5, 5.41) is 0. The van der Waals surface area contributed by atoms with Crippen molar-refractivity contribution in [2.45, 2.75) is 6.42 Å². The molecular weight excluding hydrogens is 331 g/mol. The highest BCUT2D eigenvalue weighted by Gasteiger charge is 2.16. The lowest BCUT2D eigenvalue weighted by Crippen LogP contribution is -2.47. The summed E-state index contributed by atoms with van der Waals surface area (Å²) in [5.74, 6) is 0.946. The number of ether oxygens (including phenoxy) is 2. The second-order valence-electron chi connectivity index (χ2n) is 6.56. The van der Waals surface area contributed by atoms with Gasteiger partial charge in [0.2, 0.25) is 0 Å². The van der Waals surface area contributed by atoms with E-state index in [0.29, 0.717) is 12.4 Å². The van der Waals surface area contributed by atoms with E-state index in [4.69, 9.17) is 9.47 Å². The smallest absolute Gasteiger partial charge is 0.165 e. The molecule has 0 atom stereocenters. The lowest BCUT2D eigenvalue weighted by molar-refractivity contribution is 0.117. The number of hydrogen-bond donors (Lipinski definition) is 0. The maximum Gasteiger partial charge on any atom is 0.165 e. The molecule has 140 valence electrons. The number of nitrogens with zero attached hydrogens (tertiary/aromatic N) is 2. The van der Waals surface area contributed by atoms with Gasteiger partial charge in [-0.3, -0.25) is 4.90 Å². The summed E-state index contributed by atoms with van der Waals surface area (Å²) in [6.07, 6.45) is 1.06. The molecule has 0 amide bonds. The number of halogens is 1. The van der Waals surface area contributed by atoms with Gasteiger partial charge in [0.1, 0.15) is 12.4 Å². The van der Waals surface area contributed by atoms with E-state index >= 15 is 0 Å². The Bertz CT molecular complexity index is 670. The first-order valence-corrected chi connectivity index (χ1v) is 9.19. The van der Waals surface area contributed by atoms with Crippen LogP contribution in [0.3, 0.4) is 0 Å². The van der Waals surface area contributed by atoms with Gasteiger partial charge in [-0.15, -0.1) is 0 Å². The average Bonchev–Trinajstić information content (AvgIpc) is 2.69. The number of methoxy groups -OCH3 is 1. The van der Waals surface area contributed by atoms with Crippen LogP contribution in [0.5, 0.6) is 11.5 Å². The van der Waals surface area contributed by atoms with E-state index in [9.17, 15) is 4.39 Å². The van der Waals surface area contributed by atoms with E-state index in [2.05, 4.69) is 21.9 Å². The molecule has 0 aliphatic carbocycles. The van der Waals surface area contributed by atoms with Crippen LogP contribution < -0.4 is 9.47 Å². The molecule has 4 nitrogen and oxygen atoms in total. The van der Waals surface area contributed by atoms with Crippen LogP contribution in [-0.4, -0.2) is 62.8 Å². The van der Waals surface area contributed by atoms with Crippen molar-refractivity contribution in [2.75, 3.05) is 53.0 Å². The summed E-state index contributed by atoms with van der Waals surface area (Å²) in [7, 11) is 1.69. The normalized spacial score (nSPS) is 15.8. The van der Waals surface area contributed by atoms with Crippen molar-refractivity contribution >= 4 is 0 Å². The zero-order valence-corrected chi connectivity index (χ0v) is 15.4. The molecule has 0 aromatic heterocycles. The Morgan fingerprint density at radius 3 is 2.19 bits per heavy atom. The van der Waals surface area contributed by atoms with Crippen LogP contribution in [0.25, 0.3) is 0 Å². The summed E-state index contributed by atoms with van der Waals surface area (Å²) >= 11 is 0. The molecule has 0 unspecified atom stereocenters. The van der Waals surface area contributed by atoms with Gasteiger partial charge in [-0.1, -0.05) is 24.3 Å². The Balaban J connectivity index is 1.33. The van der Waals surface area contributed by atoms with Crippen LogP contribution in [0.2, 0.25) is 0 Å². The standard InChI is InChI=1S/C21H27FN2O2/c1-25-19-8-6-18(7-9-19)10-11-23-12-14-24(15-13-23)16-17-26-21-5-3-2-4-20(21)22/h2-9H,10-17H2,1H3. The SMILES string of the molecule is COc1ccc(CCN2CCN(CCOc3ccccc3F)CC2)cc1. The van der Waals surface area contributed by atoms with Gasteiger partial charge in [0, 0.05) is 39.3 Å². The zero-order chi connectivity index (χ0) is 18.2. The third kappa shape index (κ3) is 5.44. The fourth-order valence-electron chi connectivity index (χ4n) is 3.16. The molecule has 0 bridgehead atoms. The molecule has 2 aromatic rings. The lowest BCUT2D eigenvalue weighted by atomic mass is 10.1. The van der Waals surface area contributed by atoms with E-state index in [-0.39, 0.29) is 5.82 Å². The third-order valence-electron chi connectivity index (χ3n) is 4.84. The Kier molecular flexibility index (Phi) is 6.86. The van der Waals surface area contributed by atoms with Crippen molar-refractivity contribution in [3.8, 4) is 11.5 Å². The molecule has 0 N–H and O–H groups in total. The number of piperazine rings is 1. The minimum absolute atomic E-state index is 0.296. The predicted octanol–water partition coefficient (Wildman–Crippen LogP) is 3.07. The van der Waals surface area contributed by atoms with Crippen LogP contribution in [-0.2, 0) is 6.42 Å². The van der Waals surface area contributed by atoms with Crippen molar-refractivity contribution in [3.05, 3.63) is 59.9 Å². The Morgan fingerprint density at radius 2 is 1.54 bits per heavy atom. The molecule has 26 heavy (non-hydrogen) atoms. The first kappa shape index (κ1) is 18.7. The van der Waals surface area contributed by atoms with E-state index in [1.807, 2.05) is 12.1 Å². The molecule has 1 saturated heterocycles. The van der Waals surface area contributed by atoms with Crippen LogP contribution >= 0.6 is 0 Å². The molecule has 1 aliphatic heterocycles. The number of hydrogen-bond acceptors (Lipinski definition) is 4. The van der Waals surface area contributed by atoms with Crippen molar-refractivity contribution in [1.29, 1.82) is 0 Å². The zero-order valence-electron chi connectivity index (χ0n) is 15.4. The molecule has 5 heteroatoms. The van der Waals surface area contributed by atoms with E-state index in [1.54, 1.807) is 25.3 Å². The maximum absolute atomic E-state index is 13.5. The second-order valence-corrected chi connectivity index (χ2v) is 6.56. The van der Waals surface area contributed by atoms with Crippen LogP contribution in [0.1, 0.15) is 5.56 Å². The fraction of sp³-hybridized carbons (Fsp3) is 0.429. The molecule has 0 radical (unpaired) electrons. The number of benzene rings is 2. The summed E-state index contributed by atoms with van der Waals surface area (Å²) in [6.45, 7) is 6.62. The van der Waals surface area contributed by atoms with E-state index in [0.717, 1.165) is 51.4 Å². The first-order chi connectivity index (χ1) is 12.7. The average molecular weight is 358 g/mol. The molecule has 3 rings (SSSR count). The summed E-state index contributed by atoms with van der Waals surface area (Å²) < 4.78 is 24.3. The highest BCUT2D eigenvalue weighted by atomic mass is 19.1. The summed E-state index contributed by atoms with van der Waals surface area (Å²) in [5.41, 5.74) is 1.34. The maximum atomic E-state index is 13.5. The van der Waals surface area contributed by atoms with Gasteiger partial charge in [-0.25, -0.2) is 4.39 Å². The third-order valence-corrected chi connectivity index (χ3v) is 4.84. The molecular formula is C21H27FN2O2. The van der Waals surface area contributed by atoms with E-state index in [1.165, 1.54) is 11.6 Å². The molecule has 0 spiro atoms. The first-order valence-electron chi connectivity index (χ1n) is 9.19. The van der Waals surface area contributed by atoms with Crippen LogP contribution in [0, 0.1) is 5.82 Å². The summed E-state index contributed by atoms with van der Waals surface area (Å²) in [6, 6.07) is 14.9.